The molecule has 18 heavy (non-hydrogen) atoms. The molecule has 1 aliphatic rings. The number of pyridine rings is 1. The molecule has 2 unspecified atom stereocenters. The summed E-state index contributed by atoms with van der Waals surface area (Å²) in [4.78, 5) is 4.48. The fraction of sp³-hybridized carbons (Fsp3) is 0.267. The van der Waals surface area contributed by atoms with Gasteiger partial charge in [-0.15, -0.1) is 0 Å². The van der Waals surface area contributed by atoms with E-state index in [1.54, 1.807) is 0 Å². The average Bonchev–Trinajstić information content (AvgIpc) is 2.49. The maximum atomic E-state index is 4.48. The summed E-state index contributed by atoms with van der Waals surface area (Å²) in [6.45, 7) is 1.97. The Labute approximate surface area is 107 Å². The van der Waals surface area contributed by atoms with Crippen LogP contribution in [0.25, 0.3) is 0 Å². The van der Waals surface area contributed by atoms with E-state index in [-0.39, 0.29) is 12.1 Å². The van der Waals surface area contributed by atoms with E-state index in [0.717, 1.165) is 18.8 Å². The van der Waals surface area contributed by atoms with Gasteiger partial charge in [-0.25, -0.2) is 0 Å². The monoisotopic (exact) mass is 239 g/mol. The minimum atomic E-state index is 0.238. The molecule has 2 N–H and O–H groups in total. The van der Waals surface area contributed by atoms with E-state index in [1.807, 2.05) is 18.3 Å². The molecule has 0 saturated carbocycles. The second kappa shape index (κ2) is 5.29. The molecule has 0 aliphatic carbocycles. The Hall–Kier alpha value is -1.71. The molecule has 3 rings (SSSR count). The molecule has 0 spiro atoms. The van der Waals surface area contributed by atoms with Crippen LogP contribution in [-0.4, -0.2) is 18.1 Å². The number of rotatable bonds is 2. The Bertz CT molecular complexity index is 436. The van der Waals surface area contributed by atoms with Crippen molar-refractivity contribution in [2.45, 2.75) is 12.1 Å². The third-order valence-electron chi connectivity index (χ3n) is 3.35. The zero-order chi connectivity index (χ0) is 12.2. The largest absolute Gasteiger partial charge is 0.307 e. The highest BCUT2D eigenvalue weighted by Gasteiger charge is 2.27. The first-order chi connectivity index (χ1) is 8.95. The van der Waals surface area contributed by atoms with E-state index in [1.165, 1.54) is 5.56 Å². The predicted octanol–water partition coefficient (Wildman–Crippen LogP) is 2.06. The maximum absolute atomic E-state index is 4.48. The molecule has 3 nitrogen and oxygen atoms in total. The minimum absolute atomic E-state index is 0.238. The molecule has 0 amide bonds. The van der Waals surface area contributed by atoms with Crippen LogP contribution in [-0.2, 0) is 0 Å². The maximum Gasteiger partial charge on any atom is 0.0693 e. The van der Waals surface area contributed by atoms with Gasteiger partial charge >= 0.3 is 0 Å². The molecule has 0 bridgehead atoms. The quantitative estimate of drug-likeness (QED) is 0.842. The predicted molar refractivity (Wildman–Crippen MR) is 72.2 cm³/mol. The molecular weight excluding hydrogens is 222 g/mol. The highest BCUT2D eigenvalue weighted by molar-refractivity contribution is 5.25. The summed E-state index contributed by atoms with van der Waals surface area (Å²) >= 11 is 0. The van der Waals surface area contributed by atoms with Gasteiger partial charge in [0.1, 0.15) is 0 Å². The third kappa shape index (κ3) is 2.28. The molecule has 1 saturated heterocycles. The van der Waals surface area contributed by atoms with Crippen molar-refractivity contribution in [3.63, 3.8) is 0 Å². The van der Waals surface area contributed by atoms with E-state index in [9.17, 15) is 0 Å². The van der Waals surface area contributed by atoms with Gasteiger partial charge in [-0.2, -0.15) is 0 Å². The van der Waals surface area contributed by atoms with Crippen LogP contribution in [0.1, 0.15) is 23.3 Å². The van der Waals surface area contributed by atoms with Crippen LogP contribution >= 0.6 is 0 Å². The second-order valence-electron chi connectivity index (χ2n) is 4.53. The first-order valence-electron chi connectivity index (χ1n) is 6.38. The Kier molecular flexibility index (Phi) is 3.35. The van der Waals surface area contributed by atoms with Crippen molar-refractivity contribution in [2.24, 2.45) is 0 Å². The number of hydrogen-bond donors (Lipinski definition) is 2. The van der Waals surface area contributed by atoms with E-state index < -0.39 is 0 Å². The lowest BCUT2D eigenvalue weighted by atomic mass is 9.94. The number of hydrogen-bond acceptors (Lipinski definition) is 3. The zero-order valence-corrected chi connectivity index (χ0v) is 10.2. The van der Waals surface area contributed by atoms with Gasteiger partial charge in [-0.1, -0.05) is 36.4 Å². The smallest absolute Gasteiger partial charge is 0.0693 e. The van der Waals surface area contributed by atoms with Crippen LogP contribution in [0.2, 0.25) is 0 Å². The standard InChI is InChI=1S/C15H17N3/c1-2-6-12(7-3-1)14-15(18-11-10-17-14)13-8-4-5-9-16-13/h1-9,14-15,17-18H,10-11H2. The summed E-state index contributed by atoms with van der Waals surface area (Å²) in [6, 6.07) is 17.2. The van der Waals surface area contributed by atoms with Crippen molar-refractivity contribution in [2.75, 3.05) is 13.1 Å². The van der Waals surface area contributed by atoms with Gasteiger partial charge in [0.25, 0.3) is 0 Å². The molecule has 92 valence electrons. The van der Waals surface area contributed by atoms with Crippen molar-refractivity contribution in [3.05, 3.63) is 66.0 Å². The number of nitrogens with zero attached hydrogens (tertiary/aromatic N) is 1. The fourth-order valence-electron chi connectivity index (χ4n) is 2.50. The minimum Gasteiger partial charge on any atom is -0.307 e. The molecule has 1 aliphatic heterocycles. The van der Waals surface area contributed by atoms with Gasteiger partial charge < -0.3 is 10.6 Å². The molecule has 1 aromatic heterocycles. The van der Waals surface area contributed by atoms with Crippen LogP contribution in [0, 0.1) is 0 Å². The van der Waals surface area contributed by atoms with Gasteiger partial charge in [0.2, 0.25) is 0 Å². The van der Waals surface area contributed by atoms with Crippen LogP contribution in [0.5, 0.6) is 0 Å². The number of nitrogens with one attached hydrogen (secondary N) is 2. The van der Waals surface area contributed by atoms with Gasteiger partial charge in [0, 0.05) is 19.3 Å². The van der Waals surface area contributed by atoms with Gasteiger partial charge in [0.05, 0.1) is 17.8 Å². The van der Waals surface area contributed by atoms with Crippen LogP contribution < -0.4 is 10.6 Å². The van der Waals surface area contributed by atoms with E-state index >= 15 is 0 Å². The van der Waals surface area contributed by atoms with Crippen LogP contribution in [0.4, 0.5) is 0 Å². The summed E-state index contributed by atoms with van der Waals surface area (Å²) in [6.07, 6.45) is 1.85. The lowest BCUT2D eigenvalue weighted by Gasteiger charge is -2.33. The average molecular weight is 239 g/mol. The molecule has 2 heterocycles. The van der Waals surface area contributed by atoms with Crippen molar-refractivity contribution >= 4 is 0 Å². The van der Waals surface area contributed by atoms with Crippen LogP contribution in [0.15, 0.2) is 54.7 Å². The molecule has 2 aromatic rings. The lowest BCUT2D eigenvalue weighted by molar-refractivity contribution is 0.328. The Balaban J connectivity index is 1.92. The van der Waals surface area contributed by atoms with Crippen molar-refractivity contribution in [3.8, 4) is 0 Å². The highest BCUT2D eigenvalue weighted by Crippen LogP contribution is 2.28. The zero-order valence-electron chi connectivity index (χ0n) is 10.2. The van der Waals surface area contributed by atoms with Gasteiger partial charge in [0.15, 0.2) is 0 Å². The highest BCUT2D eigenvalue weighted by atomic mass is 15.1. The molecule has 2 atom stereocenters. The lowest BCUT2D eigenvalue weighted by Crippen LogP contribution is -2.45. The molecule has 1 fully saturated rings. The van der Waals surface area contributed by atoms with Crippen molar-refractivity contribution in [1.29, 1.82) is 0 Å². The SMILES string of the molecule is c1ccc(C2NCCNC2c2ccccn2)cc1. The Morgan fingerprint density at radius 3 is 2.28 bits per heavy atom. The Morgan fingerprint density at radius 1 is 0.833 bits per heavy atom. The first-order valence-corrected chi connectivity index (χ1v) is 6.38. The second-order valence-corrected chi connectivity index (χ2v) is 4.53. The third-order valence-corrected chi connectivity index (χ3v) is 3.35. The van der Waals surface area contributed by atoms with Crippen LogP contribution in [0.3, 0.4) is 0 Å². The Morgan fingerprint density at radius 2 is 1.56 bits per heavy atom. The fourth-order valence-corrected chi connectivity index (χ4v) is 2.50. The summed E-state index contributed by atoms with van der Waals surface area (Å²) < 4.78 is 0. The molecule has 3 heteroatoms. The van der Waals surface area contributed by atoms with Crippen molar-refractivity contribution in [1.82, 2.24) is 15.6 Å². The summed E-state index contributed by atoms with van der Waals surface area (Å²) in [5.41, 5.74) is 2.40. The molecular formula is C15H17N3. The van der Waals surface area contributed by atoms with E-state index in [4.69, 9.17) is 0 Å². The van der Waals surface area contributed by atoms with E-state index in [0.29, 0.717) is 0 Å². The molecule has 0 radical (unpaired) electrons. The van der Waals surface area contributed by atoms with Gasteiger partial charge in [-0.3, -0.25) is 4.98 Å². The normalized spacial score (nSPS) is 23.8. The summed E-state index contributed by atoms with van der Waals surface area (Å²) in [5, 5.41) is 7.14. The summed E-state index contributed by atoms with van der Waals surface area (Å²) in [7, 11) is 0. The van der Waals surface area contributed by atoms with E-state index in [2.05, 4.69) is 52.0 Å². The first kappa shape index (κ1) is 11.4. The molecule has 1 aromatic carbocycles. The van der Waals surface area contributed by atoms with Gasteiger partial charge in [-0.05, 0) is 17.7 Å². The number of benzene rings is 1. The van der Waals surface area contributed by atoms with Crippen molar-refractivity contribution < 1.29 is 0 Å². The summed E-state index contributed by atoms with van der Waals surface area (Å²) in [5.74, 6) is 0. The number of piperazine rings is 1. The number of aromatic nitrogens is 1. The topological polar surface area (TPSA) is 37.0 Å².